The largest absolute Gasteiger partial charge is 0.340 e. The van der Waals surface area contributed by atoms with Gasteiger partial charge in [0, 0.05) is 67.5 Å². The van der Waals surface area contributed by atoms with Gasteiger partial charge in [0.05, 0.1) is 0 Å². The van der Waals surface area contributed by atoms with Crippen LogP contribution in [0.4, 0.5) is 0 Å². The predicted molar refractivity (Wildman–Crippen MR) is 570 cm³/mol. The first-order valence-electron chi connectivity index (χ1n) is 50.2. The second kappa shape index (κ2) is 34.7. The maximum atomic E-state index is 2.71. The van der Waals surface area contributed by atoms with E-state index >= 15 is 0 Å². The summed E-state index contributed by atoms with van der Waals surface area (Å²) in [5.74, 6) is 3.81. The fourth-order valence-corrected chi connectivity index (χ4v) is 23.9. The van der Waals surface area contributed by atoms with Gasteiger partial charge >= 0.3 is 0 Å². The molecule has 0 saturated heterocycles. The van der Waals surface area contributed by atoms with Gasteiger partial charge in [-0.1, -0.05) is 456 Å². The van der Waals surface area contributed by atoms with Crippen molar-refractivity contribution in [2.75, 3.05) is 0 Å². The minimum Gasteiger partial charge on any atom is -0.340 e. The Morgan fingerprint density at radius 1 is 0.219 bits per heavy atom. The predicted octanol–water partition coefficient (Wildman–Crippen LogP) is 26.0. The summed E-state index contributed by atoms with van der Waals surface area (Å²) in [5, 5.41) is 5.37. The molecule has 128 heavy (non-hydrogen) atoms. The molecule has 14 aromatic rings. The lowest BCUT2D eigenvalue weighted by atomic mass is 9.34. The minimum atomic E-state index is -0.358. The SMILES string of the molecule is CCCCn1c2ccc3cc2c2cc(ccc21)B(c1c(C(C)C)cc(C(C)C)cc1C(C)C)c1ccc2c(c1)C(C)(C)c1cc(ccc1-2)B(c1c(C(C)C)cc(C(C)C)cc1C(C)C)c1ccc2c(c1)c1cc(ccc1n2CCCC)B(c1c(C(C)C)cc(C(C)C)cc1C(C)C)c1ccc2c(c1)C(C)(C)c1cc(ccc1-2)B3c1c(C(C)C)cc(C(C)C)cc1C(C)C. The Morgan fingerprint density at radius 3 is 0.555 bits per heavy atom. The van der Waals surface area contributed by atoms with E-state index in [0.29, 0.717) is 23.7 Å². The van der Waals surface area contributed by atoms with Gasteiger partial charge in [0.2, 0.25) is 26.9 Å². The summed E-state index contributed by atoms with van der Waals surface area (Å²) in [5.41, 5.74) is 49.9. The molecule has 0 radical (unpaired) electrons. The van der Waals surface area contributed by atoms with Crippen molar-refractivity contribution >= 4 is 136 Å². The minimum absolute atomic E-state index is 0.0732. The van der Waals surface area contributed by atoms with Crippen molar-refractivity contribution < 1.29 is 0 Å². The molecule has 0 saturated carbocycles. The number of aromatic nitrogens is 2. The Morgan fingerprint density at radius 2 is 0.391 bits per heavy atom. The molecule has 2 aromatic heterocycles. The van der Waals surface area contributed by atoms with Crippen LogP contribution in [-0.2, 0) is 23.9 Å². The van der Waals surface area contributed by atoms with Crippen LogP contribution < -0.4 is 65.6 Å². The van der Waals surface area contributed by atoms with Crippen molar-refractivity contribution in [2.24, 2.45) is 0 Å². The molecular weight excluding hydrogens is 1540 g/mol. The molecule has 6 heteroatoms. The van der Waals surface area contributed by atoms with Crippen LogP contribution in [0, 0.1) is 0 Å². The van der Waals surface area contributed by atoms with Crippen molar-refractivity contribution in [1.82, 2.24) is 9.13 Å². The molecule has 0 spiro atoms. The van der Waals surface area contributed by atoms with Crippen molar-refractivity contribution in [1.29, 1.82) is 0 Å². The molecule has 0 N–H and O–H groups in total. The quantitative estimate of drug-likeness (QED) is 0.0599. The molecule has 17 rings (SSSR count). The van der Waals surface area contributed by atoms with E-state index in [4.69, 9.17) is 0 Å². The number of fused-ring (bicyclic) bond motifs is 10. The highest BCUT2D eigenvalue weighted by molar-refractivity contribution is 6.98. The summed E-state index contributed by atoms with van der Waals surface area (Å²) in [6, 6.07) is 83.6. The van der Waals surface area contributed by atoms with Gasteiger partial charge < -0.3 is 9.13 Å². The summed E-state index contributed by atoms with van der Waals surface area (Å²) < 4.78 is 5.40. The zero-order valence-corrected chi connectivity index (χ0v) is 83.8. The molecule has 0 amide bonds. The van der Waals surface area contributed by atoms with E-state index in [1.807, 2.05) is 0 Å². The lowest BCUT2D eigenvalue weighted by Gasteiger charge is -2.30. The fraction of sp³-hybridized carbons (Fsp3) is 0.410. The molecule has 0 fully saturated rings. The van der Waals surface area contributed by atoms with E-state index in [9.17, 15) is 0 Å². The number of rotatable bonds is 22. The molecular formula is C122H146B4N2. The van der Waals surface area contributed by atoms with Crippen LogP contribution in [0.1, 0.15) is 393 Å². The zero-order valence-electron chi connectivity index (χ0n) is 83.8. The van der Waals surface area contributed by atoms with Crippen molar-refractivity contribution in [2.45, 2.75) is 328 Å². The molecule has 656 valence electrons. The standard InChI is InChI=1S/C122H146B4N2/c1-31-33-51-127-113-47-39-85-61-105(113)106-62-86(40-48-114(106)127)124(118-99(75(15)16)55-82(70(5)6)56-100(118)76(17)18)90-36-44-94-96-46-38-92(68-112(96)122(29,30)110(94)66-90)126(120-103(79(23)24)59-84(72(9)10)60-104(120)80(25)26)88-42-50-116-108(64-88)107-63-87(41-49-115(107)128(116)52-34-32-2)125(119-101(77(19)20)57-83(71(7)8)58-102(119)78(21)22)91-37-45-95-93-43-35-89(65-109(93)121(27,28)111(95)67-91)123(85)117-97(73(11)12)53-81(69(3)4)54-98(117)74(13)14/h35-50,53-80H,31-34,51-52H2,1-30H3. The summed E-state index contributed by atoms with van der Waals surface area (Å²) in [6.45, 7) is 75.0. The van der Waals surface area contributed by atoms with Crippen LogP contribution in [0.2, 0.25) is 0 Å². The van der Waals surface area contributed by atoms with Crippen LogP contribution in [0.15, 0.2) is 194 Å². The van der Waals surface area contributed by atoms with E-state index < -0.39 is 0 Å². The van der Waals surface area contributed by atoms with Gasteiger partial charge in [0.25, 0.3) is 0 Å². The molecule has 3 aliphatic rings. The highest BCUT2D eigenvalue weighted by atomic mass is 15.0. The molecule has 12 aromatic carbocycles. The second-order valence-corrected chi connectivity index (χ2v) is 44.6. The average Bonchev–Trinajstić information content (AvgIpc) is 1.55. The Bertz CT molecular complexity index is 5760. The first-order chi connectivity index (χ1) is 60.8. The summed E-state index contributed by atoms with van der Waals surface area (Å²) >= 11 is 0. The third-order valence-corrected chi connectivity index (χ3v) is 31.3. The zero-order chi connectivity index (χ0) is 91.4. The van der Waals surface area contributed by atoms with E-state index in [1.54, 1.807) is 0 Å². The third-order valence-electron chi connectivity index (χ3n) is 31.3. The fourth-order valence-electron chi connectivity index (χ4n) is 23.9. The Hall–Kier alpha value is -9.50. The Kier molecular flexibility index (Phi) is 24.5. The number of benzene rings is 12. The first kappa shape index (κ1) is 90.4. The maximum absolute atomic E-state index is 2.71. The van der Waals surface area contributed by atoms with E-state index in [0.717, 1.165) is 38.8 Å². The lowest BCUT2D eigenvalue weighted by molar-refractivity contribution is 0.661. The van der Waals surface area contributed by atoms with Crippen LogP contribution in [-0.4, -0.2) is 36.0 Å². The van der Waals surface area contributed by atoms with Gasteiger partial charge in [0.1, 0.15) is 0 Å². The first-order valence-corrected chi connectivity index (χ1v) is 50.2. The molecule has 0 unspecified atom stereocenters. The van der Waals surface area contributed by atoms with Crippen molar-refractivity contribution in [3.8, 4) is 22.3 Å². The summed E-state index contributed by atoms with van der Waals surface area (Å²) in [4.78, 5) is 0. The van der Waals surface area contributed by atoms with Crippen LogP contribution in [0.3, 0.4) is 0 Å². The monoisotopic (exact) mass is 1680 g/mol. The van der Waals surface area contributed by atoms with Gasteiger partial charge in [-0.3, -0.25) is 0 Å². The van der Waals surface area contributed by atoms with E-state index in [2.05, 4.69) is 411 Å². The van der Waals surface area contributed by atoms with Gasteiger partial charge in [-0.2, -0.15) is 0 Å². The molecule has 3 heterocycles. The number of nitrogens with zero attached hydrogens (tertiary/aromatic N) is 2. The van der Waals surface area contributed by atoms with Crippen molar-refractivity contribution in [3.05, 3.63) is 283 Å². The lowest BCUT2D eigenvalue weighted by Crippen LogP contribution is -2.55. The highest BCUT2D eigenvalue weighted by Crippen LogP contribution is 2.51. The average molecular weight is 1680 g/mol. The molecule has 1 aliphatic heterocycles. The molecule has 16 bridgehead atoms. The number of hydrogen-bond acceptors (Lipinski definition) is 0. The number of unbranched alkanes of at least 4 members (excludes halogenated alkanes) is 2. The van der Waals surface area contributed by atoms with Gasteiger partial charge in [-0.25, -0.2) is 0 Å². The second-order valence-electron chi connectivity index (χ2n) is 44.6. The van der Waals surface area contributed by atoms with Gasteiger partial charge in [-0.05, 0) is 219 Å². The van der Waals surface area contributed by atoms with E-state index in [1.165, 1.54) is 220 Å². The number of aryl methyl sites for hydroxylation is 2. The van der Waals surface area contributed by atoms with E-state index in [-0.39, 0.29) is 85.0 Å². The van der Waals surface area contributed by atoms with Crippen LogP contribution in [0.25, 0.3) is 65.9 Å². The number of hydrogen-bond donors (Lipinski definition) is 0. The smallest absolute Gasteiger partial charge is 0.241 e. The summed E-state index contributed by atoms with van der Waals surface area (Å²) in [6.07, 6.45) is 4.42. The Balaban J connectivity index is 1.02. The topological polar surface area (TPSA) is 9.86 Å². The van der Waals surface area contributed by atoms with Crippen molar-refractivity contribution in [3.63, 3.8) is 0 Å². The van der Waals surface area contributed by atoms with Gasteiger partial charge in [0.15, 0.2) is 0 Å². The van der Waals surface area contributed by atoms with Crippen LogP contribution >= 0.6 is 0 Å². The summed E-state index contributed by atoms with van der Waals surface area (Å²) in [7, 11) is 0. The van der Waals surface area contributed by atoms with Gasteiger partial charge in [-0.15, -0.1) is 0 Å². The normalized spacial score (nSPS) is 14.3. The Labute approximate surface area is 773 Å². The van der Waals surface area contributed by atoms with Crippen LogP contribution in [0.5, 0.6) is 0 Å². The molecule has 0 atom stereocenters. The molecule has 2 aliphatic carbocycles. The highest BCUT2D eigenvalue weighted by Gasteiger charge is 2.44. The third kappa shape index (κ3) is 15.3. The molecule has 2 nitrogen and oxygen atoms in total. The maximum Gasteiger partial charge on any atom is 0.241 e.